The molecule has 4 aromatic rings. The van der Waals surface area contributed by atoms with Crippen LogP contribution in [0.2, 0.25) is 0 Å². The molecular formula is C32H32N4O6S. The second-order valence-corrected chi connectivity index (χ2v) is 13.0. The van der Waals surface area contributed by atoms with Crippen LogP contribution in [0.1, 0.15) is 69.9 Å². The Hall–Kier alpha value is -4.48. The molecule has 0 bridgehead atoms. The number of amides is 2. The zero-order chi connectivity index (χ0) is 30.3. The summed E-state index contributed by atoms with van der Waals surface area (Å²) in [6.07, 6.45) is 5.54. The van der Waals surface area contributed by atoms with Crippen LogP contribution in [-0.4, -0.2) is 47.2 Å². The number of aromatic carboxylic acids is 1. The van der Waals surface area contributed by atoms with Gasteiger partial charge < -0.3 is 15.0 Å². The molecular weight excluding hydrogens is 568 g/mol. The molecule has 222 valence electrons. The van der Waals surface area contributed by atoms with Crippen LogP contribution >= 0.6 is 0 Å². The minimum atomic E-state index is -4.22. The number of rotatable bonds is 7. The number of aromatic nitrogens is 1. The van der Waals surface area contributed by atoms with Crippen molar-refractivity contribution in [1.82, 2.24) is 13.6 Å². The number of carbonyl (C=O) groups is 3. The van der Waals surface area contributed by atoms with Crippen molar-refractivity contribution in [3.63, 3.8) is 0 Å². The first kappa shape index (κ1) is 28.6. The Labute approximate surface area is 249 Å². The molecule has 1 aromatic heterocycles. The average Bonchev–Trinajstić information content (AvgIpc) is 3.22. The van der Waals surface area contributed by atoms with Gasteiger partial charge >= 0.3 is 16.2 Å². The summed E-state index contributed by atoms with van der Waals surface area (Å²) in [6.45, 7) is 0.00698. The highest BCUT2D eigenvalue weighted by Gasteiger charge is 2.31. The van der Waals surface area contributed by atoms with Crippen molar-refractivity contribution in [2.45, 2.75) is 51.1 Å². The quantitative estimate of drug-likeness (QED) is 0.270. The molecule has 10 nitrogen and oxygen atoms in total. The van der Waals surface area contributed by atoms with Gasteiger partial charge in [-0.1, -0.05) is 55.7 Å². The first-order chi connectivity index (χ1) is 20.6. The predicted molar refractivity (Wildman–Crippen MR) is 163 cm³/mol. The molecule has 3 N–H and O–H groups in total. The van der Waals surface area contributed by atoms with Crippen molar-refractivity contribution < 1.29 is 27.9 Å². The van der Waals surface area contributed by atoms with Crippen LogP contribution in [0, 0.1) is 0 Å². The topological polar surface area (TPSA) is 138 Å². The van der Waals surface area contributed by atoms with Crippen LogP contribution in [0.5, 0.6) is 0 Å². The number of benzene rings is 3. The average molecular weight is 601 g/mol. The van der Waals surface area contributed by atoms with E-state index < -0.39 is 22.1 Å². The molecule has 2 heterocycles. The molecule has 1 aliphatic heterocycles. The van der Waals surface area contributed by atoms with Crippen LogP contribution in [0.3, 0.4) is 0 Å². The Morgan fingerprint density at radius 2 is 1.70 bits per heavy atom. The maximum Gasteiger partial charge on any atom is 0.335 e. The zero-order valence-corrected chi connectivity index (χ0v) is 24.5. The van der Waals surface area contributed by atoms with Crippen LogP contribution < -0.4 is 10.0 Å². The summed E-state index contributed by atoms with van der Waals surface area (Å²) in [5.41, 5.74) is 5.34. The van der Waals surface area contributed by atoms with Gasteiger partial charge in [0.1, 0.15) is 6.54 Å². The molecule has 1 fully saturated rings. The zero-order valence-electron chi connectivity index (χ0n) is 23.7. The van der Waals surface area contributed by atoms with Crippen LogP contribution in [0.15, 0.2) is 66.7 Å². The Morgan fingerprint density at radius 1 is 1.00 bits per heavy atom. The predicted octanol–water partition coefficient (Wildman–Crippen LogP) is 5.11. The summed E-state index contributed by atoms with van der Waals surface area (Å²) in [5, 5.41) is 13.1. The normalized spacial score (nSPS) is 15.4. The van der Waals surface area contributed by atoms with E-state index >= 15 is 0 Å². The number of hydrogen-bond acceptors (Lipinski definition) is 5. The number of fused-ring (bicyclic) bond motifs is 5. The number of nitrogens with zero attached hydrogens (tertiary/aromatic N) is 2. The lowest BCUT2D eigenvalue weighted by Crippen LogP contribution is -2.41. The first-order valence-electron chi connectivity index (χ1n) is 14.3. The summed E-state index contributed by atoms with van der Waals surface area (Å²) in [7, 11) is -2.89. The first-order valence-corrected chi connectivity index (χ1v) is 15.7. The second-order valence-electron chi connectivity index (χ2n) is 11.2. The van der Waals surface area contributed by atoms with Crippen molar-refractivity contribution in [3.8, 4) is 11.3 Å². The van der Waals surface area contributed by atoms with Gasteiger partial charge in [-0.05, 0) is 60.2 Å². The lowest BCUT2D eigenvalue weighted by Gasteiger charge is -2.23. The monoisotopic (exact) mass is 600 g/mol. The smallest absolute Gasteiger partial charge is 0.335 e. The Bertz CT molecular complexity index is 1860. The third kappa shape index (κ3) is 5.53. The molecule has 0 saturated heterocycles. The maximum absolute atomic E-state index is 13.3. The van der Waals surface area contributed by atoms with Gasteiger partial charge in [0.2, 0.25) is 5.91 Å². The fraction of sp³-hybridized carbons (Fsp3) is 0.281. The fourth-order valence-electron chi connectivity index (χ4n) is 6.26. The highest BCUT2D eigenvalue weighted by Crippen LogP contribution is 2.46. The van der Waals surface area contributed by atoms with E-state index in [1.165, 1.54) is 43.3 Å². The van der Waals surface area contributed by atoms with Gasteiger partial charge in [0.25, 0.3) is 5.91 Å². The van der Waals surface area contributed by atoms with Gasteiger partial charge in [-0.25, -0.2) is 9.52 Å². The van der Waals surface area contributed by atoms with Gasteiger partial charge in [-0.3, -0.25) is 9.59 Å². The molecule has 1 aliphatic carbocycles. The van der Waals surface area contributed by atoms with Gasteiger partial charge in [-0.2, -0.15) is 12.7 Å². The second kappa shape index (κ2) is 11.3. The fourth-order valence-corrected chi connectivity index (χ4v) is 7.08. The summed E-state index contributed by atoms with van der Waals surface area (Å²) in [6, 6.07) is 18.8. The maximum atomic E-state index is 13.3. The number of carboxylic acids is 1. The van der Waals surface area contributed by atoms with Crippen LogP contribution in [0.25, 0.3) is 22.2 Å². The highest BCUT2D eigenvalue weighted by atomic mass is 32.2. The summed E-state index contributed by atoms with van der Waals surface area (Å²) in [4.78, 5) is 37.4. The lowest BCUT2D eigenvalue weighted by molar-refractivity contribution is -0.116. The van der Waals surface area contributed by atoms with Crippen molar-refractivity contribution in [1.29, 1.82) is 0 Å². The van der Waals surface area contributed by atoms with E-state index in [-0.39, 0.29) is 30.1 Å². The summed E-state index contributed by atoms with van der Waals surface area (Å²) < 4.78 is 31.2. The Morgan fingerprint density at radius 3 is 2.42 bits per heavy atom. The van der Waals surface area contributed by atoms with Gasteiger partial charge in [0, 0.05) is 30.1 Å². The molecule has 11 heteroatoms. The molecule has 3 aromatic carbocycles. The van der Waals surface area contributed by atoms with Gasteiger partial charge in [-0.15, -0.1) is 0 Å². The van der Waals surface area contributed by atoms with E-state index in [1.807, 2.05) is 34.9 Å². The van der Waals surface area contributed by atoms with E-state index in [0.717, 1.165) is 52.3 Å². The molecule has 0 spiro atoms. The van der Waals surface area contributed by atoms with Gasteiger partial charge in [0.05, 0.1) is 22.5 Å². The molecule has 0 atom stereocenters. The Kier molecular flexibility index (Phi) is 7.53. The number of nitrogens with one attached hydrogen (secondary N) is 2. The molecule has 0 unspecified atom stereocenters. The molecule has 2 aliphatic rings. The van der Waals surface area contributed by atoms with Crippen molar-refractivity contribution in [2.75, 3.05) is 12.4 Å². The minimum Gasteiger partial charge on any atom is -0.478 e. The molecule has 2 amide bonds. The van der Waals surface area contributed by atoms with E-state index in [2.05, 4.69) is 10.0 Å². The van der Waals surface area contributed by atoms with Crippen molar-refractivity contribution in [3.05, 3.63) is 89.0 Å². The van der Waals surface area contributed by atoms with Gasteiger partial charge in [0.15, 0.2) is 0 Å². The van der Waals surface area contributed by atoms with Crippen LogP contribution in [0.4, 0.5) is 5.69 Å². The SMILES string of the molecule is CN(Cc1ccc(C(=O)O)cc1)S(=O)(=O)NC(=O)c1ccc2c(C3CCCCC3)c3n(c2c1)CC(=O)Nc1ccccc1-3. The number of para-hydroxylation sites is 1. The van der Waals surface area contributed by atoms with E-state index in [9.17, 15) is 22.8 Å². The number of carboxylic acid groups (broad SMARTS) is 1. The van der Waals surface area contributed by atoms with E-state index in [1.54, 1.807) is 12.1 Å². The van der Waals surface area contributed by atoms with Crippen LogP contribution in [-0.2, 0) is 28.1 Å². The lowest BCUT2D eigenvalue weighted by atomic mass is 9.81. The Balaban J connectivity index is 1.34. The van der Waals surface area contributed by atoms with E-state index in [0.29, 0.717) is 17.0 Å². The minimum absolute atomic E-state index is 0.0625. The largest absolute Gasteiger partial charge is 0.478 e. The molecule has 0 radical (unpaired) electrons. The van der Waals surface area contributed by atoms with Crippen molar-refractivity contribution in [2.24, 2.45) is 0 Å². The van der Waals surface area contributed by atoms with E-state index in [4.69, 9.17) is 5.11 Å². The molecule has 1 saturated carbocycles. The highest BCUT2D eigenvalue weighted by molar-refractivity contribution is 7.87. The third-order valence-electron chi connectivity index (χ3n) is 8.38. The number of hydrogen-bond donors (Lipinski definition) is 3. The third-order valence-corrected chi connectivity index (χ3v) is 9.77. The standard InChI is InChI=1S/C32H32N4O6S/c1-35(18-20-11-13-22(14-12-20)32(39)40)43(41,42)34-31(38)23-15-16-25-27(17-23)36-19-28(37)33-26-10-6-5-9-24(26)30(36)29(25)21-7-3-2-4-8-21/h5-6,9-17,21H,2-4,7-8,18-19H2,1H3,(H,33,37)(H,34,38)(H,39,40). The summed E-state index contributed by atoms with van der Waals surface area (Å²) in [5.74, 6) is -1.73. The molecule has 43 heavy (non-hydrogen) atoms. The number of anilines is 1. The summed E-state index contributed by atoms with van der Waals surface area (Å²) >= 11 is 0. The number of carbonyl (C=O) groups excluding carboxylic acids is 2. The van der Waals surface area contributed by atoms with Crippen molar-refractivity contribution >= 4 is 44.6 Å². The molecule has 6 rings (SSSR count).